The number of nitrogens with one attached hydrogen (secondary N) is 1. The van der Waals surface area contributed by atoms with Crippen molar-refractivity contribution in [3.05, 3.63) is 16.8 Å². The molecule has 2 aromatic heterocycles. The summed E-state index contributed by atoms with van der Waals surface area (Å²) in [6.45, 7) is 7.22. The molecule has 170 valence electrons. The summed E-state index contributed by atoms with van der Waals surface area (Å²) in [6, 6.07) is 0. The molecule has 0 radical (unpaired) electrons. The molecule has 2 aromatic rings. The van der Waals surface area contributed by atoms with Crippen molar-refractivity contribution in [2.75, 3.05) is 33.3 Å². The third kappa shape index (κ3) is 5.33. The SMILES string of the molecule is COc1nn(C)c2nc(C)c(CCC(=O)NCCCN3CCCC(C(N)=O)C3)c(C)c12. The highest BCUT2D eigenvalue weighted by molar-refractivity contribution is 5.86. The van der Waals surface area contributed by atoms with Gasteiger partial charge >= 0.3 is 0 Å². The molecule has 1 atom stereocenters. The fraction of sp³-hybridized carbons (Fsp3) is 0.636. The average molecular weight is 431 g/mol. The molecule has 1 saturated heterocycles. The van der Waals surface area contributed by atoms with E-state index in [0.717, 1.165) is 66.8 Å². The van der Waals surface area contributed by atoms with Gasteiger partial charge in [0.1, 0.15) is 0 Å². The van der Waals surface area contributed by atoms with Crippen molar-refractivity contribution in [1.29, 1.82) is 0 Å². The molecule has 31 heavy (non-hydrogen) atoms. The number of piperidine rings is 1. The standard InChI is InChI=1S/C22H34N6O3/c1-14-17(15(2)25-21-19(14)22(31-4)26-27(21)3)8-9-18(29)24-10-6-12-28-11-5-7-16(13-28)20(23)30/h16H,5-13H2,1-4H3,(H2,23,30)(H,24,29). The number of rotatable bonds is 9. The highest BCUT2D eigenvalue weighted by atomic mass is 16.5. The lowest BCUT2D eigenvalue weighted by Crippen LogP contribution is -2.42. The maximum Gasteiger partial charge on any atom is 0.242 e. The predicted molar refractivity (Wildman–Crippen MR) is 119 cm³/mol. The Hall–Kier alpha value is -2.68. The molecule has 2 amide bonds. The van der Waals surface area contributed by atoms with Gasteiger partial charge in [-0.25, -0.2) is 9.67 Å². The van der Waals surface area contributed by atoms with Crippen molar-refractivity contribution in [3.63, 3.8) is 0 Å². The van der Waals surface area contributed by atoms with Crippen LogP contribution in [0.3, 0.4) is 0 Å². The van der Waals surface area contributed by atoms with Crippen LogP contribution < -0.4 is 15.8 Å². The smallest absolute Gasteiger partial charge is 0.242 e. The van der Waals surface area contributed by atoms with Crippen molar-refractivity contribution in [2.24, 2.45) is 18.7 Å². The minimum atomic E-state index is -0.208. The molecule has 0 aromatic carbocycles. The Morgan fingerprint density at radius 1 is 1.32 bits per heavy atom. The summed E-state index contributed by atoms with van der Waals surface area (Å²) in [7, 11) is 3.45. The van der Waals surface area contributed by atoms with Crippen molar-refractivity contribution < 1.29 is 14.3 Å². The number of fused-ring (bicyclic) bond motifs is 1. The molecule has 0 aliphatic carbocycles. The number of ether oxygens (including phenoxy) is 1. The van der Waals surface area contributed by atoms with E-state index in [2.05, 4.69) is 20.3 Å². The first kappa shape index (κ1) is 23.0. The number of carbonyl (C=O) groups excluding carboxylic acids is 2. The first-order valence-corrected chi connectivity index (χ1v) is 11.0. The van der Waals surface area contributed by atoms with Crippen LogP contribution in [0.25, 0.3) is 11.0 Å². The Morgan fingerprint density at radius 2 is 2.10 bits per heavy atom. The zero-order chi connectivity index (χ0) is 22.5. The number of methoxy groups -OCH3 is 1. The van der Waals surface area contributed by atoms with E-state index in [-0.39, 0.29) is 17.7 Å². The first-order valence-electron chi connectivity index (χ1n) is 11.0. The van der Waals surface area contributed by atoms with Gasteiger partial charge in [0, 0.05) is 32.3 Å². The molecular formula is C22H34N6O3. The minimum absolute atomic E-state index is 0.0331. The molecule has 1 aliphatic heterocycles. The lowest BCUT2D eigenvalue weighted by atomic mass is 9.97. The summed E-state index contributed by atoms with van der Waals surface area (Å²) in [5.74, 6) is 0.342. The van der Waals surface area contributed by atoms with E-state index in [1.165, 1.54) is 0 Å². The second kappa shape index (κ2) is 10.1. The molecule has 3 heterocycles. The Kier molecular flexibility index (Phi) is 7.48. The minimum Gasteiger partial charge on any atom is -0.479 e. The molecule has 9 heteroatoms. The summed E-state index contributed by atoms with van der Waals surface area (Å²) in [6.07, 6.45) is 3.77. The Bertz CT molecular complexity index is 955. The van der Waals surface area contributed by atoms with Gasteiger partial charge in [0.25, 0.3) is 0 Å². The quantitative estimate of drug-likeness (QED) is 0.578. The van der Waals surface area contributed by atoms with Gasteiger partial charge in [0.15, 0.2) is 5.65 Å². The average Bonchev–Trinajstić information content (AvgIpc) is 3.07. The van der Waals surface area contributed by atoms with Crippen LogP contribution >= 0.6 is 0 Å². The van der Waals surface area contributed by atoms with Gasteiger partial charge in [-0.05, 0) is 63.7 Å². The van der Waals surface area contributed by atoms with Crippen molar-refractivity contribution in [2.45, 2.75) is 46.0 Å². The van der Waals surface area contributed by atoms with Crippen LogP contribution in [0.15, 0.2) is 0 Å². The predicted octanol–water partition coefficient (Wildman–Crippen LogP) is 1.23. The zero-order valence-corrected chi connectivity index (χ0v) is 19.0. The normalized spacial score (nSPS) is 17.1. The summed E-state index contributed by atoms with van der Waals surface area (Å²) >= 11 is 0. The zero-order valence-electron chi connectivity index (χ0n) is 19.0. The van der Waals surface area contributed by atoms with Gasteiger partial charge in [-0.15, -0.1) is 5.10 Å². The lowest BCUT2D eigenvalue weighted by Gasteiger charge is -2.31. The third-order valence-electron chi connectivity index (χ3n) is 6.20. The number of carbonyl (C=O) groups is 2. The van der Waals surface area contributed by atoms with E-state index in [4.69, 9.17) is 10.5 Å². The van der Waals surface area contributed by atoms with Crippen molar-refractivity contribution in [1.82, 2.24) is 25.0 Å². The van der Waals surface area contributed by atoms with Gasteiger partial charge in [-0.1, -0.05) is 0 Å². The number of nitrogens with two attached hydrogens (primary N) is 1. The Labute approximate surface area is 183 Å². The number of pyridine rings is 1. The highest BCUT2D eigenvalue weighted by Crippen LogP contribution is 2.30. The molecule has 0 saturated carbocycles. The maximum absolute atomic E-state index is 12.4. The number of likely N-dealkylation sites (tertiary alicyclic amines) is 1. The van der Waals surface area contributed by atoms with E-state index in [9.17, 15) is 9.59 Å². The Morgan fingerprint density at radius 3 is 2.81 bits per heavy atom. The van der Waals surface area contributed by atoms with Gasteiger partial charge in [0.2, 0.25) is 17.7 Å². The van der Waals surface area contributed by atoms with Crippen LogP contribution in [-0.2, 0) is 23.1 Å². The second-order valence-electron chi connectivity index (χ2n) is 8.38. The largest absolute Gasteiger partial charge is 0.479 e. The number of hydrogen-bond acceptors (Lipinski definition) is 6. The summed E-state index contributed by atoms with van der Waals surface area (Å²) < 4.78 is 7.12. The van der Waals surface area contributed by atoms with Crippen LogP contribution in [0, 0.1) is 19.8 Å². The molecule has 1 aliphatic rings. The van der Waals surface area contributed by atoms with E-state index < -0.39 is 0 Å². The van der Waals surface area contributed by atoms with E-state index in [1.54, 1.807) is 11.8 Å². The number of hydrogen-bond donors (Lipinski definition) is 2. The maximum atomic E-state index is 12.4. The monoisotopic (exact) mass is 430 g/mol. The number of amides is 2. The summed E-state index contributed by atoms with van der Waals surface area (Å²) in [4.78, 5) is 30.7. The number of aromatic nitrogens is 3. The number of primary amides is 1. The molecule has 1 unspecified atom stereocenters. The van der Waals surface area contributed by atoms with Crippen molar-refractivity contribution in [3.8, 4) is 5.88 Å². The Balaban J connectivity index is 1.49. The lowest BCUT2D eigenvalue weighted by molar-refractivity contribution is -0.123. The van der Waals surface area contributed by atoms with Crippen LogP contribution in [0.4, 0.5) is 0 Å². The highest BCUT2D eigenvalue weighted by Gasteiger charge is 2.23. The second-order valence-corrected chi connectivity index (χ2v) is 8.38. The molecule has 1 fully saturated rings. The van der Waals surface area contributed by atoms with E-state index in [1.807, 2.05) is 20.9 Å². The molecule has 0 bridgehead atoms. The molecule has 3 N–H and O–H groups in total. The fourth-order valence-electron chi connectivity index (χ4n) is 4.46. The van der Waals surface area contributed by atoms with Gasteiger partial charge in [-0.3, -0.25) is 9.59 Å². The van der Waals surface area contributed by atoms with Crippen molar-refractivity contribution >= 4 is 22.8 Å². The van der Waals surface area contributed by atoms with Crippen LogP contribution in [0.1, 0.15) is 42.5 Å². The van der Waals surface area contributed by atoms with Crippen LogP contribution in [-0.4, -0.2) is 64.8 Å². The first-order chi connectivity index (χ1) is 14.8. The number of nitrogens with zero attached hydrogens (tertiary/aromatic N) is 4. The molecular weight excluding hydrogens is 396 g/mol. The van der Waals surface area contributed by atoms with Gasteiger partial charge in [-0.2, -0.15) is 0 Å². The topological polar surface area (TPSA) is 115 Å². The molecule has 9 nitrogen and oxygen atoms in total. The van der Waals surface area contributed by atoms with E-state index in [0.29, 0.717) is 25.3 Å². The van der Waals surface area contributed by atoms with Crippen LogP contribution in [0.2, 0.25) is 0 Å². The third-order valence-corrected chi connectivity index (χ3v) is 6.20. The van der Waals surface area contributed by atoms with Gasteiger partial charge in [0.05, 0.1) is 18.4 Å². The molecule has 3 rings (SSSR count). The molecule has 0 spiro atoms. The van der Waals surface area contributed by atoms with Crippen LogP contribution in [0.5, 0.6) is 5.88 Å². The van der Waals surface area contributed by atoms with E-state index >= 15 is 0 Å². The summed E-state index contributed by atoms with van der Waals surface area (Å²) in [5, 5.41) is 8.29. The number of aryl methyl sites for hydroxylation is 3. The fourth-order valence-corrected chi connectivity index (χ4v) is 4.46. The summed E-state index contributed by atoms with van der Waals surface area (Å²) in [5.41, 5.74) is 9.27. The van der Waals surface area contributed by atoms with Gasteiger partial charge < -0.3 is 20.7 Å².